The van der Waals surface area contributed by atoms with E-state index in [-0.39, 0.29) is 41.0 Å². The highest BCUT2D eigenvalue weighted by Crippen LogP contribution is 2.61. The van der Waals surface area contributed by atoms with Crippen LogP contribution in [0.2, 0.25) is 5.02 Å². The summed E-state index contributed by atoms with van der Waals surface area (Å²) in [6.45, 7) is 1.87. The summed E-state index contributed by atoms with van der Waals surface area (Å²) in [5, 5.41) is 10.4. The van der Waals surface area contributed by atoms with E-state index in [9.17, 15) is 14.7 Å². The van der Waals surface area contributed by atoms with Crippen LogP contribution in [-0.4, -0.2) is 16.9 Å². The molecule has 5 heteroatoms. The van der Waals surface area contributed by atoms with Crippen LogP contribution in [0.1, 0.15) is 13.3 Å². The molecule has 0 aromatic heterocycles. The number of phenols is 1. The Bertz CT molecular complexity index is 713. The van der Waals surface area contributed by atoms with Gasteiger partial charge in [0.2, 0.25) is 11.8 Å². The number of imide groups is 1. The van der Waals surface area contributed by atoms with Gasteiger partial charge >= 0.3 is 0 Å². The summed E-state index contributed by atoms with van der Waals surface area (Å²) in [5.41, 5.74) is -0.502. The molecule has 0 radical (unpaired) electrons. The number of nitrogens with zero attached hydrogens (tertiary/aromatic N) is 1. The highest BCUT2D eigenvalue weighted by molar-refractivity contribution is 6.32. The molecule has 2 bridgehead atoms. The first-order valence-electron chi connectivity index (χ1n) is 7.00. The molecule has 3 aliphatic rings. The van der Waals surface area contributed by atoms with Crippen molar-refractivity contribution in [1.29, 1.82) is 0 Å². The van der Waals surface area contributed by atoms with Crippen molar-refractivity contribution >= 4 is 29.1 Å². The number of halogens is 1. The molecular weight excluding hydrogens is 290 g/mol. The molecule has 1 N–H and O–H groups in total. The maximum absolute atomic E-state index is 12.9. The first-order chi connectivity index (χ1) is 9.94. The third-order valence-corrected chi connectivity index (χ3v) is 5.52. The van der Waals surface area contributed by atoms with Crippen LogP contribution in [0.15, 0.2) is 30.4 Å². The van der Waals surface area contributed by atoms with Gasteiger partial charge in [0.25, 0.3) is 0 Å². The summed E-state index contributed by atoms with van der Waals surface area (Å²) in [5.74, 6) is -0.648. The van der Waals surface area contributed by atoms with Gasteiger partial charge in [-0.15, -0.1) is 0 Å². The molecule has 21 heavy (non-hydrogen) atoms. The second-order valence-corrected chi connectivity index (χ2v) is 6.70. The molecule has 1 heterocycles. The number of amides is 2. The fourth-order valence-electron chi connectivity index (χ4n) is 4.21. The van der Waals surface area contributed by atoms with Crippen molar-refractivity contribution in [3.8, 4) is 5.75 Å². The molecule has 1 aliphatic heterocycles. The van der Waals surface area contributed by atoms with E-state index in [4.69, 9.17) is 11.6 Å². The Labute approximate surface area is 127 Å². The lowest BCUT2D eigenvalue weighted by atomic mass is 9.71. The number of rotatable bonds is 1. The number of phenolic OH excluding ortho intramolecular Hbond substituents is 1. The molecule has 4 nitrogen and oxygen atoms in total. The van der Waals surface area contributed by atoms with Crippen molar-refractivity contribution < 1.29 is 14.7 Å². The predicted molar refractivity (Wildman–Crippen MR) is 77.9 cm³/mol. The number of carbonyl (C=O) groups is 2. The summed E-state index contributed by atoms with van der Waals surface area (Å²) in [6.07, 6.45) is 4.96. The number of carbonyl (C=O) groups excluding carboxylic acids is 2. The molecule has 1 aromatic rings. The predicted octanol–water partition coefficient (Wildman–Crippen LogP) is 2.75. The normalized spacial score (nSPS) is 36.7. The zero-order valence-electron chi connectivity index (χ0n) is 11.4. The average Bonchev–Trinajstić information content (AvgIpc) is 3.06. The second-order valence-electron chi connectivity index (χ2n) is 6.26. The van der Waals surface area contributed by atoms with Gasteiger partial charge in [-0.25, -0.2) is 4.90 Å². The third kappa shape index (κ3) is 1.41. The Kier molecular flexibility index (Phi) is 2.39. The Hall–Kier alpha value is -1.81. The molecule has 2 amide bonds. The van der Waals surface area contributed by atoms with E-state index in [0.717, 1.165) is 11.3 Å². The van der Waals surface area contributed by atoms with Crippen LogP contribution in [0.3, 0.4) is 0 Å². The quantitative estimate of drug-likeness (QED) is 0.641. The fourth-order valence-corrected chi connectivity index (χ4v) is 4.38. The topological polar surface area (TPSA) is 57.6 Å². The number of allylic oxidation sites excluding steroid dienone is 2. The monoisotopic (exact) mass is 303 g/mol. The van der Waals surface area contributed by atoms with Crippen molar-refractivity contribution in [2.75, 3.05) is 4.90 Å². The Morgan fingerprint density at radius 2 is 2.10 bits per heavy atom. The van der Waals surface area contributed by atoms with Crippen molar-refractivity contribution in [3.63, 3.8) is 0 Å². The zero-order valence-corrected chi connectivity index (χ0v) is 12.2. The van der Waals surface area contributed by atoms with Crippen molar-refractivity contribution in [2.45, 2.75) is 13.3 Å². The van der Waals surface area contributed by atoms with E-state index < -0.39 is 5.41 Å². The van der Waals surface area contributed by atoms with E-state index in [2.05, 4.69) is 0 Å². The molecule has 4 rings (SSSR count). The number of hydrogen-bond acceptors (Lipinski definition) is 3. The van der Waals surface area contributed by atoms with Gasteiger partial charge in [0.05, 0.1) is 17.0 Å². The highest BCUT2D eigenvalue weighted by Gasteiger charge is 2.67. The SMILES string of the molecule is C[C@@]12C(=O)N(c3cc(Cl)ccc3O)C(=O)[C@@H]1[C@@H]1C=C[C@@H]2C1. The summed E-state index contributed by atoms with van der Waals surface area (Å²) >= 11 is 5.94. The average molecular weight is 304 g/mol. The second kappa shape index (κ2) is 3.89. The maximum Gasteiger partial charge on any atom is 0.241 e. The van der Waals surface area contributed by atoms with Gasteiger partial charge in [-0.05, 0) is 43.4 Å². The van der Waals surface area contributed by atoms with Crippen LogP contribution < -0.4 is 4.90 Å². The third-order valence-electron chi connectivity index (χ3n) is 5.29. The number of hydrogen-bond donors (Lipinski definition) is 1. The molecular formula is C16H14ClNO3. The van der Waals surface area contributed by atoms with Crippen molar-refractivity contribution in [1.82, 2.24) is 0 Å². The number of benzene rings is 1. The van der Waals surface area contributed by atoms with Gasteiger partial charge < -0.3 is 5.11 Å². The van der Waals surface area contributed by atoms with E-state index >= 15 is 0 Å². The van der Waals surface area contributed by atoms with Crippen LogP contribution in [0.25, 0.3) is 0 Å². The number of fused-ring (bicyclic) bond motifs is 5. The lowest BCUT2D eigenvalue weighted by molar-refractivity contribution is -0.127. The highest BCUT2D eigenvalue weighted by atomic mass is 35.5. The smallest absolute Gasteiger partial charge is 0.241 e. The molecule has 108 valence electrons. The first kappa shape index (κ1) is 12.9. The molecule has 1 aromatic carbocycles. The van der Waals surface area contributed by atoms with Gasteiger partial charge in [0, 0.05) is 5.02 Å². The van der Waals surface area contributed by atoms with Crippen LogP contribution in [0, 0.1) is 23.2 Å². The minimum atomic E-state index is -0.689. The van der Waals surface area contributed by atoms with Crippen molar-refractivity contribution in [3.05, 3.63) is 35.4 Å². The fraction of sp³-hybridized carbons (Fsp3) is 0.375. The minimum Gasteiger partial charge on any atom is -0.506 e. The molecule has 0 unspecified atom stereocenters. The van der Waals surface area contributed by atoms with Gasteiger partial charge in [-0.1, -0.05) is 23.8 Å². The standard InChI is InChI=1S/C16H14ClNO3/c1-16-9-3-2-8(6-9)13(16)14(20)18(15(16)21)11-7-10(17)4-5-12(11)19/h2-5,7-9,13,19H,6H2,1H3/t8-,9-,13+,16+/m1/s1. The lowest BCUT2D eigenvalue weighted by Gasteiger charge is -2.28. The van der Waals surface area contributed by atoms with Crippen LogP contribution in [0.5, 0.6) is 5.75 Å². The van der Waals surface area contributed by atoms with E-state index in [1.165, 1.54) is 18.2 Å². The van der Waals surface area contributed by atoms with Gasteiger partial charge in [0.1, 0.15) is 5.75 Å². The molecule has 0 spiro atoms. The maximum atomic E-state index is 12.9. The van der Waals surface area contributed by atoms with Gasteiger partial charge in [-0.2, -0.15) is 0 Å². The summed E-state index contributed by atoms with van der Waals surface area (Å²) < 4.78 is 0. The minimum absolute atomic E-state index is 0.107. The first-order valence-corrected chi connectivity index (χ1v) is 7.37. The zero-order chi connectivity index (χ0) is 14.9. The largest absolute Gasteiger partial charge is 0.506 e. The van der Waals surface area contributed by atoms with E-state index in [0.29, 0.717) is 5.02 Å². The van der Waals surface area contributed by atoms with Gasteiger partial charge in [-0.3, -0.25) is 9.59 Å². The van der Waals surface area contributed by atoms with Crippen LogP contribution >= 0.6 is 11.6 Å². The molecule has 2 fully saturated rings. The van der Waals surface area contributed by atoms with Gasteiger partial charge in [0.15, 0.2) is 0 Å². The van der Waals surface area contributed by atoms with E-state index in [1.54, 1.807) is 0 Å². The molecule has 1 saturated carbocycles. The summed E-state index contributed by atoms with van der Waals surface area (Å²) in [4.78, 5) is 26.8. The number of anilines is 1. The van der Waals surface area contributed by atoms with Crippen molar-refractivity contribution in [2.24, 2.45) is 23.2 Å². The molecule has 4 atom stereocenters. The van der Waals surface area contributed by atoms with E-state index in [1.807, 2.05) is 19.1 Å². The Morgan fingerprint density at radius 3 is 2.81 bits per heavy atom. The molecule has 1 saturated heterocycles. The van der Waals surface area contributed by atoms with Crippen LogP contribution in [0.4, 0.5) is 5.69 Å². The Balaban J connectivity index is 1.85. The lowest BCUT2D eigenvalue weighted by Crippen LogP contribution is -2.37. The Morgan fingerprint density at radius 1 is 1.33 bits per heavy atom. The number of aromatic hydroxyl groups is 1. The summed E-state index contributed by atoms with van der Waals surface area (Å²) in [6, 6.07) is 4.40. The van der Waals surface area contributed by atoms with Crippen LogP contribution in [-0.2, 0) is 9.59 Å². The molecule has 2 aliphatic carbocycles. The summed E-state index contributed by atoms with van der Waals surface area (Å²) in [7, 11) is 0.